The minimum atomic E-state index is 0.356. The third-order valence-electron chi connectivity index (χ3n) is 3.75. The molecule has 1 N–H and O–H groups in total. The Hall–Kier alpha value is -0.830. The zero-order chi connectivity index (χ0) is 11.6. The highest BCUT2D eigenvalue weighted by Gasteiger charge is 2.35. The highest BCUT2D eigenvalue weighted by Crippen LogP contribution is 2.46. The molecule has 0 amide bonds. The number of nitrogens with zero attached hydrogens (tertiary/aromatic N) is 1. The first-order valence-corrected chi connectivity index (χ1v) is 6.22. The minimum Gasteiger partial charge on any atom is -0.444 e. The molecule has 3 heteroatoms. The normalized spacial score (nSPS) is 24.6. The maximum absolute atomic E-state index is 5.83. The number of rotatable bonds is 3. The highest BCUT2D eigenvalue weighted by atomic mass is 16.4. The molecule has 0 bridgehead atoms. The van der Waals surface area contributed by atoms with Gasteiger partial charge in [0.25, 0.3) is 0 Å². The summed E-state index contributed by atoms with van der Waals surface area (Å²) in [5, 5.41) is 3.06. The number of hydrogen-bond donors (Lipinski definition) is 1. The zero-order valence-electron chi connectivity index (χ0n) is 10.5. The summed E-state index contributed by atoms with van der Waals surface area (Å²) in [6.07, 6.45) is 7.11. The lowest BCUT2D eigenvalue weighted by atomic mass is 9.68. The van der Waals surface area contributed by atoms with Gasteiger partial charge in [-0.05, 0) is 25.3 Å². The van der Waals surface area contributed by atoms with Crippen molar-refractivity contribution in [3.8, 4) is 0 Å². The van der Waals surface area contributed by atoms with Gasteiger partial charge in [-0.2, -0.15) is 0 Å². The summed E-state index contributed by atoms with van der Waals surface area (Å²) in [5.41, 5.74) is 0.356. The minimum absolute atomic E-state index is 0.356. The van der Waals surface area contributed by atoms with Crippen LogP contribution < -0.4 is 5.32 Å². The van der Waals surface area contributed by atoms with Crippen molar-refractivity contribution in [2.45, 2.75) is 52.0 Å². The van der Waals surface area contributed by atoms with Crippen LogP contribution in [0.2, 0.25) is 0 Å². The predicted octanol–water partition coefficient (Wildman–Crippen LogP) is 3.08. The largest absolute Gasteiger partial charge is 0.444 e. The summed E-state index contributed by atoms with van der Waals surface area (Å²) in [6, 6.07) is 0. The molecule has 1 fully saturated rings. The lowest BCUT2D eigenvalue weighted by Crippen LogP contribution is -2.25. The van der Waals surface area contributed by atoms with Crippen LogP contribution in [0.5, 0.6) is 0 Å². The SMILES string of the molecule is CNCc1ncc(C2CCCCC2(C)C)o1. The third kappa shape index (κ3) is 2.29. The lowest BCUT2D eigenvalue weighted by Gasteiger charge is -2.37. The van der Waals surface area contributed by atoms with Crippen molar-refractivity contribution in [2.24, 2.45) is 5.41 Å². The highest BCUT2D eigenvalue weighted by molar-refractivity contribution is 5.08. The summed E-state index contributed by atoms with van der Waals surface area (Å²) in [7, 11) is 1.91. The van der Waals surface area contributed by atoms with Crippen molar-refractivity contribution in [2.75, 3.05) is 7.05 Å². The summed E-state index contributed by atoms with van der Waals surface area (Å²) < 4.78 is 5.83. The van der Waals surface area contributed by atoms with Crippen LogP contribution in [0.3, 0.4) is 0 Å². The molecule has 1 aromatic rings. The fraction of sp³-hybridized carbons (Fsp3) is 0.769. The lowest BCUT2D eigenvalue weighted by molar-refractivity contribution is 0.176. The Kier molecular flexibility index (Phi) is 3.33. The summed E-state index contributed by atoms with van der Waals surface area (Å²) >= 11 is 0. The van der Waals surface area contributed by atoms with Gasteiger partial charge in [0, 0.05) is 5.92 Å². The van der Waals surface area contributed by atoms with Crippen molar-refractivity contribution >= 4 is 0 Å². The predicted molar refractivity (Wildman–Crippen MR) is 64.3 cm³/mol. The number of aromatic nitrogens is 1. The van der Waals surface area contributed by atoms with Gasteiger partial charge < -0.3 is 9.73 Å². The average Bonchev–Trinajstić information content (AvgIpc) is 2.66. The van der Waals surface area contributed by atoms with Crippen LogP contribution in [0.1, 0.15) is 57.1 Å². The fourth-order valence-corrected chi connectivity index (χ4v) is 2.74. The van der Waals surface area contributed by atoms with Gasteiger partial charge in [-0.1, -0.05) is 26.7 Å². The maximum Gasteiger partial charge on any atom is 0.208 e. The molecule has 3 nitrogen and oxygen atoms in total. The van der Waals surface area contributed by atoms with Crippen molar-refractivity contribution < 1.29 is 4.42 Å². The first-order chi connectivity index (χ1) is 7.63. The molecular weight excluding hydrogens is 200 g/mol. The van der Waals surface area contributed by atoms with Gasteiger partial charge in [-0.25, -0.2) is 4.98 Å². The maximum atomic E-state index is 5.83. The van der Waals surface area contributed by atoms with Gasteiger partial charge >= 0.3 is 0 Å². The van der Waals surface area contributed by atoms with E-state index in [0.717, 1.165) is 11.7 Å². The van der Waals surface area contributed by atoms with Gasteiger partial charge in [-0.15, -0.1) is 0 Å². The third-order valence-corrected chi connectivity index (χ3v) is 3.75. The Bertz CT molecular complexity index is 343. The molecule has 1 saturated carbocycles. The standard InChI is InChI=1S/C13H22N2O/c1-13(2)7-5-4-6-10(13)11-8-15-12(16-11)9-14-3/h8,10,14H,4-7,9H2,1-3H3. The van der Waals surface area contributed by atoms with Crippen LogP contribution in [0.25, 0.3) is 0 Å². The van der Waals surface area contributed by atoms with Gasteiger partial charge in [0.05, 0.1) is 12.7 Å². The topological polar surface area (TPSA) is 38.1 Å². The van der Waals surface area contributed by atoms with Crippen molar-refractivity contribution in [1.82, 2.24) is 10.3 Å². The van der Waals surface area contributed by atoms with Crippen LogP contribution in [0.4, 0.5) is 0 Å². The molecular formula is C13H22N2O. The van der Waals surface area contributed by atoms with Crippen molar-refractivity contribution in [1.29, 1.82) is 0 Å². The van der Waals surface area contributed by atoms with E-state index in [9.17, 15) is 0 Å². The van der Waals surface area contributed by atoms with E-state index in [4.69, 9.17) is 4.42 Å². The van der Waals surface area contributed by atoms with Crippen LogP contribution in [-0.2, 0) is 6.54 Å². The summed E-state index contributed by atoms with van der Waals surface area (Å²) in [6.45, 7) is 5.40. The van der Waals surface area contributed by atoms with Gasteiger partial charge in [-0.3, -0.25) is 0 Å². The van der Waals surface area contributed by atoms with Gasteiger partial charge in [0.1, 0.15) is 5.76 Å². The van der Waals surface area contributed by atoms with E-state index in [2.05, 4.69) is 24.1 Å². The summed E-state index contributed by atoms with van der Waals surface area (Å²) in [4.78, 5) is 4.32. The molecule has 0 aliphatic heterocycles. The molecule has 0 saturated heterocycles. The van der Waals surface area contributed by atoms with Crippen molar-refractivity contribution in [3.63, 3.8) is 0 Å². The molecule has 1 atom stereocenters. The molecule has 1 unspecified atom stereocenters. The van der Waals surface area contributed by atoms with Crippen molar-refractivity contribution in [3.05, 3.63) is 17.8 Å². The van der Waals surface area contributed by atoms with Crippen LogP contribution >= 0.6 is 0 Å². The molecule has 2 rings (SSSR count). The monoisotopic (exact) mass is 222 g/mol. The number of oxazole rings is 1. The average molecular weight is 222 g/mol. The van der Waals surface area contributed by atoms with E-state index in [1.165, 1.54) is 25.7 Å². The Balaban J connectivity index is 2.15. The van der Waals surface area contributed by atoms with E-state index in [-0.39, 0.29) is 0 Å². The quantitative estimate of drug-likeness (QED) is 0.854. The number of nitrogens with one attached hydrogen (secondary N) is 1. The van der Waals surface area contributed by atoms with Crippen LogP contribution in [0, 0.1) is 5.41 Å². The molecule has 1 aliphatic carbocycles. The molecule has 90 valence electrons. The van der Waals surface area contributed by atoms with E-state index in [0.29, 0.717) is 17.9 Å². The first-order valence-electron chi connectivity index (χ1n) is 6.22. The fourth-order valence-electron chi connectivity index (χ4n) is 2.74. The first kappa shape index (κ1) is 11.6. The molecule has 1 heterocycles. The van der Waals surface area contributed by atoms with Gasteiger partial charge in [0.15, 0.2) is 0 Å². The summed E-state index contributed by atoms with van der Waals surface area (Å²) in [5.74, 6) is 2.42. The molecule has 16 heavy (non-hydrogen) atoms. The van der Waals surface area contributed by atoms with Gasteiger partial charge in [0.2, 0.25) is 5.89 Å². The molecule has 0 aromatic carbocycles. The second kappa shape index (κ2) is 4.58. The molecule has 1 aliphatic rings. The Morgan fingerprint density at radius 1 is 1.50 bits per heavy atom. The smallest absolute Gasteiger partial charge is 0.208 e. The second-order valence-electron chi connectivity index (χ2n) is 5.47. The van der Waals surface area contributed by atoms with Crippen LogP contribution in [-0.4, -0.2) is 12.0 Å². The zero-order valence-corrected chi connectivity index (χ0v) is 10.5. The Morgan fingerprint density at radius 3 is 3.00 bits per heavy atom. The Morgan fingerprint density at radius 2 is 2.31 bits per heavy atom. The molecule has 0 radical (unpaired) electrons. The van der Waals surface area contributed by atoms with Crippen LogP contribution in [0.15, 0.2) is 10.6 Å². The van der Waals surface area contributed by atoms with E-state index in [1.54, 1.807) is 0 Å². The number of hydrogen-bond acceptors (Lipinski definition) is 3. The Labute approximate surface area is 97.6 Å². The van der Waals surface area contributed by atoms with E-state index in [1.807, 2.05) is 13.2 Å². The molecule has 1 aromatic heterocycles. The van der Waals surface area contributed by atoms with E-state index >= 15 is 0 Å². The second-order valence-corrected chi connectivity index (χ2v) is 5.47. The molecule has 0 spiro atoms. The van der Waals surface area contributed by atoms with E-state index < -0.39 is 0 Å².